The molecule has 1 saturated carbocycles. The summed E-state index contributed by atoms with van der Waals surface area (Å²) >= 11 is 0. The number of esters is 1. The predicted octanol–water partition coefficient (Wildman–Crippen LogP) is 2.47. The summed E-state index contributed by atoms with van der Waals surface area (Å²) in [4.78, 5) is 22.3. The zero-order chi connectivity index (χ0) is 18.8. The Morgan fingerprint density at radius 3 is 2.44 bits per heavy atom. The topological polar surface area (TPSA) is 75.7 Å². The molecule has 0 N–H and O–H groups in total. The van der Waals surface area contributed by atoms with Crippen molar-refractivity contribution in [2.24, 2.45) is 0 Å². The van der Waals surface area contributed by atoms with E-state index in [1.807, 2.05) is 6.92 Å². The van der Waals surface area contributed by atoms with Gasteiger partial charge in [-0.3, -0.25) is 0 Å². The highest BCUT2D eigenvalue weighted by Crippen LogP contribution is 2.35. The minimum Gasteiger partial charge on any atom is -0.544 e. The van der Waals surface area contributed by atoms with E-state index in [-0.39, 0.29) is 11.3 Å². The average molecular weight is 359 g/mol. The highest BCUT2D eigenvalue weighted by Gasteiger charge is 2.41. The predicted molar refractivity (Wildman–Crippen MR) is 78.7 cm³/mol. The number of halogens is 3. The summed E-state index contributed by atoms with van der Waals surface area (Å²) in [5, 5.41) is 10.4. The van der Waals surface area contributed by atoms with Crippen LogP contribution >= 0.6 is 0 Å². The molecule has 25 heavy (non-hydrogen) atoms. The number of carboxylic acids is 1. The molecule has 0 spiro atoms. The van der Waals surface area contributed by atoms with Crippen LogP contribution in [0.4, 0.5) is 13.2 Å². The molecule has 1 aromatic rings. The monoisotopic (exact) mass is 359 g/mol. The molecule has 1 unspecified atom stereocenters. The van der Waals surface area contributed by atoms with Gasteiger partial charge >= 0.3 is 11.9 Å². The number of rotatable bonds is 6. The van der Waals surface area contributed by atoms with Crippen LogP contribution in [0.5, 0.6) is 5.75 Å². The Morgan fingerprint density at radius 1 is 1.28 bits per heavy atom. The van der Waals surface area contributed by atoms with E-state index in [0.29, 0.717) is 0 Å². The van der Waals surface area contributed by atoms with Crippen molar-refractivity contribution < 1.29 is 37.3 Å². The number of hydrogen-bond acceptors (Lipinski definition) is 5. The first-order chi connectivity index (χ1) is 11.5. The number of carboxylic acid groups (broad SMARTS) is 1. The van der Waals surface area contributed by atoms with Gasteiger partial charge in [0.1, 0.15) is 11.6 Å². The molecule has 138 valence electrons. The highest BCUT2D eigenvalue weighted by molar-refractivity contribution is 5.90. The molecule has 2 rings (SSSR count). The van der Waals surface area contributed by atoms with E-state index in [4.69, 9.17) is 4.74 Å². The molecular weight excluding hydrogens is 341 g/mol. The maximum Gasteiger partial charge on any atom is 0.338 e. The van der Waals surface area contributed by atoms with Crippen LogP contribution in [0.25, 0.3) is 0 Å². The Morgan fingerprint density at radius 2 is 1.88 bits per heavy atom. The van der Waals surface area contributed by atoms with E-state index in [0.717, 1.165) is 50.8 Å². The number of aliphatic carboxylic acids is 1. The third-order valence-electron chi connectivity index (χ3n) is 4.25. The van der Waals surface area contributed by atoms with Gasteiger partial charge in [0.05, 0.1) is 5.56 Å². The third kappa shape index (κ3) is 4.24. The molecule has 0 heterocycles. The molecule has 1 aliphatic rings. The Balaban J connectivity index is 2.15. The van der Waals surface area contributed by atoms with Gasteiger partial charge in [0.15, 0.2) is 17.7 Å². The maximum absolute atomic E-state index is 13.9. The molecule has 0 bridgehead atoms. The zero-order valence-electron chi connectivity index (χ0n) is 13.8. The van der Waals surface area contributed by atoms with Gasteiger partial charge in [-0.15, -0.1) is 0 Å². The smallest absolute Gasteiger partial charge is 0.338 e. The van der Waals surface area contributed by atoms with Crippen molar-refractivity contribution in [2.45, 2.75) is 57.2 Å². The van der Waals surface area contributed by atoms with Gasteiger partial charge in [-0.05, 0) is 57.7 Å². The van der Waals surface area contributed by atoms with E-state index in [1.54, 1.807) is 0 Å². The average Bonchev–Trinajstić information content (AvgIpc) is 2.95. The van der Waals surface area contributed by atoms with Gasteiger partial charge in [0, 0.05) is 0 Å². The molecule has 0 radical (unpaired) electrons. The molecule has 5 nitrogen and oxygen atoms in total. The third-order valence-corrected chi connectivity index (χ3v) is 4.25. The van der Waals surface area contributed by atoms with Crippen LogP contribution in [0.15, 0.2) is 18.2 Å². The lowest BCUT2D eigenvalue weighted by Crippen LogP contribution is -2.50. The lowest BCUT2D eigenvalue weighted by molar-refractivity contribution is -0.335. The molecule has 1 aliphatic carbocycles. The molecule has 1 atom stereocenters. The van der Waals surface area contributed by atoms with Crippen LogP contribution < -0.4 is 9.84 Å². The van der Waals surface area contributed by atoms with Gasteiger partial charge in [-0.2, -0.15) is 8.78 Å². The largest absolute Gasteiger partial charge is 0.544 e. The molecule has 1 aromatic carbocycles. The van der Waals surface area contributed by atoms with Crippen LogP contribution in [0, 0.1) is 5.82 Å². The number of ether oxygens (including phenoxy) is 2. The second-order valence-electron chi connectivity index (χ2n) is 6.36. The molecule has 0 amide bonds. The van der Waals surface area contributed by atoms with Crippen LogP contribution in [0.1, 0.15) is 49.9 Å². The number of alkyl halides is 2. The lowest BCUT2D eigenvalue weighted by Gasteiger charge is -2.26. The fourth-order valence-corrected chi connectivity index (χ4v) is 2.67. The Hall–Kier alpha value is -2.25. The normalized spacial score (nSPS) is 17.8. The van der Waals surface area contributed by atoms with Crippen LogP contribution in [-0.4, -0.2) is 29.6 Å². The van der Waals surface area contributed by atoms with Crippen molar-refractivity contribution in [3.8, 4) is 5.75 Å². The van der Waals surface area contributed by atoms with Crippen molar-refractivity contribution in [1.82, 2.24) is 0 Å². The Bertz CT molecular complexity index is 668. The van der Waals surface area contributed by atoms with Gasteiger partial charge < -0.3 is 19.4 Å². The first-order valence-electron chi connectivity index (χ1n) is 7.84. The fraction of sp³-hybridized carbons (Fsp3) is 0.529. The number of benzene rings is 1. The summed E-state index contributed by atoms with van der Waals surface area (Å²) in [7, 11) is 0. The standard InChI is InChI=1S/C17H19F3O5/c1-10(17(19,20)15(22)23)24-14(21)11-5-6-12(18)13(9-11)25-16(2)7-3-4-8-16/h5-6,9-10H,3-4,7-8H2,1-2H3,(H,22,23)/p-1. The van der Waals surface area contributed by atoms with E-state index >= 15 is 0 Å². The SMILES string of the molecule is CC(OC(=O)c1ccc(F)c(OC2(C)CCCC2)c1)C(F)(F)C(=O)[O-]. The van der Waals surface area contributed by atoms with E-state index < -0.39 is 35.4 Å². The van der Waals surface area contributed by atoms with Crippen molar-refractivity contribution >= 4 is 11.9 Å². The number of carbonyl (C=O) groups excluding carboxylic acids is 2. The lowest BCUT2D eigenvalue weighted by atomic mass is 10.1. The van der Waals surface area contributed by atoms with Gasteiger partial charge in [0.25, 0.3) is 0 Å². The molecule has 0 aliphatic heterocycles. The van der Waals surface area contributed by atoms with Gasteiger partial charge in [-0.1, -0.05) is 0 Å². The summed E-state index contributed by atoms with van der Waals surface area (Å²) in [6, 6.07) is 3.07. The van der Waals surface area contributed by atoms with Crippen molar-refractivity contribution in [2.75, 3.05) is 0 Å². The minimum atomic E-state index is -4.34. The second-order valence-corrected chi connectivity index (χ2v) is 6.36. The Labute approximate surface area is 142 Å². The first-order valence-corrected chi connectivity index (χ1v) is 7.84. The zero-order valence-corrected chi connectivity index (χ0v) is 13.8. The second kappa shape index (κ2) is 6.93. The summed E-state index contributed by atoms with van der Waals surface area (Å²) < 4.78 is 50.6. The molecule has 0 saturated heterocycles. The fourth-order valence-electron chi connectivity index (χ4n) is 2.67. The molecular formula is C17H18F3O5-. The van der Waals surface area contributed by atoms with E-state index in [9.17, 15) is 27.9 Å². The minimum absolute atomic E-state index is 0.182. The van der Waals surface area contributed by atoms with E-state index in [2.05, 4.69) is 4.74 Å². The van der Waals surface area contributed by atoms with Crippen molar-refractivity contribution in [1.29, 1.82) is 0 Å². The summed E-state index contributed by atoms with van der Waals surface area (Å²) in [5.41, 5.74) is -0.780. The van der Waals surface area contributed by atoms with Gasteiger partial charge in [0.2, 0.25) is 0 Å². The summed E-state index contributed by atoms with van der Waals surface area (Å²) in [6.45, 7) is 2.56. The Kier molecular flexibility index (Phi) is 5.29. The van der Waals surface area contributed by atoms with Crippen molar-refractivity contribution in [3.05, 3.63) is 29.6 Å². The maximum atomic E-state index is 13.9. The van der Waals surface area contributed by atoms with Crippen LogP contribution in [-0.2, 0) is 9.53 Å². The number of hydrogen-bond donors (Lipinski definition) is 0. The van der Waals surface area contributed by atoms with Crippen LogP contribution in [0.2, 0.25) is 0 Å². The molecule has 0 aromatic heterocycles. The van der Waals surface area contributed by atoms with Crippen LogP contribution in [0.3, 0.4) is 0 Å². The first kappa shape index (κ1) is 19.1. The van der Waals surface area contributed by atoms with Gasteiger partial charge in [-0.25, -0.2) is 9.18 Å². The highest BCUT2D eigenvalue weighted by atomic mass is 19.3. The summed E-state index contributed by atoms with van der Waals surface area (Å²) in [5.74, 6) is -9.08. The van der Waals surface area contributed by atoms with Crippen molar-refractivity contribution in [3.63, 3.8) is 0 Å². The van der Waals surface area contributed by atoms with E-state index in [1.165, 1.54) is 0 Å². The molecule has 8 heteroatoms. The number of carbonyl (C=O) groups is 2. The quantitative estimate of drug-likeness (QED) is 0.730. The summed E-state index contributed by atoms with van der Waals surface area (Å²) in [6.07, 6.45) is 1.10. The molecule has 1 fully saturated rings.